The Labute approximate surface area is 232 Å². The summed E-state index contributed by atoms with van der Waals surface area (Å²) in [6, 6.07) is 13.5. The number of fused-ring (bicyclic) bond motifs is 2. The second kappa shape index (κ2) is 10.7. The molecule has 2 aromatic heterocycles. The molecule has 2 heterocycles. The number of nitrogens with zero attached hydrogens (tertiary/aromatic N) is 2. The van der Waals surface area contributed by atoms with Gasteiger partial charge in [0.2, 0.25) is 0 Å². The van der Waals surface area contributed by atoms with Crippen molar-refractivity contribution in [3.8, 4) is 22.3 Å². The monoisotopic (exact) mass is 554 g/mol. The minimum absolute atomic E-state index is 0.362. The molecule has 37 heavy (non-hydrogen) atoms. The number of benzene rings is 3. The minimum atomic E-state index is -0.362. The van der Waals surface area contributed by atoms with Gasteiger partial charge in [0, 0.05) is 58.5 Å². The fraction of sp³-hybridized carbons (Fsp3) is 0.290. The topological polar surface area (TPSA) is 9.86 Å². The van der Waals surface area contributed by atoms with Gasteiger partial charge in [0.05, 0.1) is 26.1 Å². The van der Waals surface area contributed by atoms with Crippen molar-refractivity contribution in [3.63, 3.8) is 0 Å². The van der Waals surface area contributed by atoms with Crippen LogP contribution in [-0.4, -0.2) is 9.13 Å². The fourth-order valence-corrected chi connectivity index (χ4v) is 6.02. The molecule has 5 rings (SSSR count). The van der Waals surface area contributed by atoms with E-state index in [2.05, 4.69) is 23.0 Å². The predicted molar refractivity (Wildman–Crippen MR) is 158 cm³/mol. The second-order valence-corrected chi connectivity index (χ2v) is 10.9. The zero-order valence-electron chi connectivity index (χ0n) is 21.3. The molecule has 0 saturated heterocycles. The summed E-state index contributed by atoms with van der Waals surface area (Å²) in [5, 5.41) is 3.27. The van der Waals surface area contributed by atoms with Crippen LogP contribution in [0.25, 0.3) is 44.1 Å². The third kappa shape index (κ3) is 4.56. The summed E-state index contributed by atoms with van der Waals surface area (Å²) in [4.78, 5) is 0. The highest BCUT2D eigenvalue weighted by Crippen LogP contribution is 2.46. The average molecular weight is 556 g/mol. The highest BCUT2D eigenvalue weighted by Gasteiger charge is 2.25. The number of halogens is 4. The quantitative estimate of drug-likeness (QED) is 0.180. The Morgan fingerprint density at radius 2 is 1.24 bits per heavy atom. The summed E-state index contributed by atoms with van der Waals surface area (Å²) < 4.78 is 21.1. The standard InChI is InChI=1S/C31H30Cl3FN2/c1-4-6-14-36-17-21(27-23(32)10-8-12-25(27)36)20-16-19(3)30(34)29(31(20)35)22-18-37(15-7-5-2)26-13-9-11-24(33)28(22)26/h8-13,16-18H,4-7,14-15H2,1-3H3. The summed E-state index contributed by atoms with van der Waals surface area (Å²) in [5.74, 6) is -0.362. The Balaban J connectivity index is 1.80. The van der Waals surface area contributed by atoms with Crippen LogP contribution in [-0.2, 0) is 13.1 Å². The van der Waals surface area contributed by atoms with E-state index < -0.39 is 0 Å². The van der Waals surface area contributed by atoms with Gasteiger partial charge in [-0.05, 0) is 55.7 Å². The van der Waals surface area contributed by atoms with E-state index in [0.29, 0.717) is 31.8 Å². The van der Waals surface area contributed by atoms with E-state index in [0.717, 1.165) is 71.7 Å². The Kier molecular flexibility index (Phi) is 7.58. The molecule has 0 spiro atoms. The molecule has 0 bridgehead atoms. The maximum Gasteiger partial charge on any atom is 0.140 e. The summed E-state index contributed by atoms with van der Waals surface area (Å²) in [6.45, 7) is 7.91. The third-order valence-electron chi connectivity index (χ3n) is 7.16. The lowest BCUT2D eigenvalue weighted by molar-refractivity contribution is 0.632. The van der Waals surface area contributed by atoms with Crippen LogP contribution in [0.15, 0.2) is 54.9 Å². The van der Waals surface area contributed by atoms with Crippen LogP contribution in [0.1, 0.15) is 45.1 Å². The molecule has 0 radical (unpaired) electrons. The molecular weight excluding hydrogens is 526 g/mol. The molecule has 0 amide bonds. The van der Waals surface area contributed by atoms with E-state index in [1.807, 2.05) is 61.8 Å². The Bertz CT molecular complexity index is 1610. The van der Waals surface area contributed by atoms with Crippen molar-refractivity contribution in [2.75, 3.05) is 0 Å². The normalized spacial score (nSPS) is 11.8. The molecule has 0 fully saturated rings. The second-order valence-electron chi connectivity index (χ2n) is 9.69. The number of hydrogen-bond acceptors (Lipinski definition) is 0. The zero-order valence-corrected chi connectivity index (χ0v) is 23.6. The van der Waals surface area contributed by atoms with E-state index >= 15 is 4.39 Å². The van der Waals surface area contributed by atoms with Crippen LogP contribution in [0.4, 0.5) is 4.39 Å². The number of aromatic nitrogens is 2. The van der Waals surface area contributed by atoms with E-state index in [1.54, 1.807) is 0 Å². The molecule has 5 aromatic rings. The van der Waals surface area contributed by atoms with Crippen LogP contribution in [0.2, 0.25) is 15.1 Å². The molecular formula is C31H30Cl3FN2. The first-order chi connectivity index (χ1) is 17.9. The molecule has 0 aliphatic heterocycles. The minimum Gasteiger partial charge on any atom is -0.347 e. The lowest BCUT2D eigenvalue weighted by Gasteiger charge is -2.13. The van der Waals surface area contributed by atoms with Gasteiger partial charge in [-0.3, -0.25) is 0 Å². The van der Waals surface area contributed by atoms with Gasteiger partial charge in [-0.2, -0.15) is 0 Å². The smallest absolute Gasteiger partial charge is 0.140 e. The van der Waals surface area contributed by atoms with Gasteiger partial charge < -0.3 is 9.13 Å². The highest BCUT2D eigenvalue weighted by atomic mass is 35.5. The lowest BCUT2D eigenvalue weighted by Crippen LogP contribution is -1.96. The summed E-state index contributed by atoms with van der Waals surface area (Å²) in [6.07, 6.45) is 8.19. The van der Waals surface area contributed by atoms with Crippen molar-refractivity contribution in [1.82, 2.24) is 9.13 Å². The van der Waals surface area contributed by atoms with Crippen molar-refractivity contribution in [1.29, 1.82) is 0 Å². The number of unbranched alkanes of at least 4 members (excludes halogenated alkanes) is 2. The molecule has 192 valence electrons. The van der Waals surface area contributed by atoms with Crippen molar-refractivity contribution in [2.45, 2.75) is 59.5 Å². The highest BCUT2D eigenvalue weighted by molar-refractivity contribution is 6.38. The van der Waals surface area contributed by atoms with Crippen LogP contribution < -0.4 is 0 Å². The summed E-state index contributed by atoms with van der Waals surface area (Å²) in [7, 11) is 0. The summed E-state index contributed by atoms with van der Waals surface area (Å²) in [5.41, 5.74) is 5.15. The Morgan fingerprint density at radius 3 is 1.78 bits per heavy atom. The molecule has 0 aliphatic carbocycles. The van der Waals surface area contributed by atoms with Crippen LogP contribution >= 0.6 is 34.8 Å². The van der Waals surface area contributed by atoms with E-state index in [1.165, 1.54) is 0 Å². The molecule has 0 unspecified atom stereocenters. The number of aryl methyl sites for hydroxylation is 3. The predicted octanol–water partition coefficient (Wildman–Crippen LogP) is 10.9. The lowest BCUT2D eigenvalue weighted by atomic mass is 9.94. The van der Waals surface area contributed by atoms with E-state index in [9.17, 15) is 0 Å². The van der Waals surface area contributed by atoms with Crippen LogP contribution in [0, 0.1) is 12.7 Å². The zero-order chi connectivity index (χ0) is 26.3. The number of hydrogen-bond donors (Lipinski definition) is 0. The Hall–Kier alpha value is -2.46. The van der Waals surface area contributed by atoms with Crippen molar-refractivity contribution >= 4 is 56.6 Å². The first kappa shape index (κ1) is 26.2. The van der Waals surface area contributed by atoms with Crippen LogP contribution in [0.3, 0.4) is 0 Å². The van der Waals surface area contributed by atoms with Gasteiger partial charge >= 0.3 is 0 Å². The van der Waals surface area contributed by atoms with E-state index in [-0.39, 0.29) is 5.82 Å². The van der Waals surface area contributed by atoms with Crippen molar-refractivity contribution in [3.05, 3.63) is 81.3 Å². The SMILES string of the molecule is CCCCn1cc(-c2cc(C)c(Cl)c(-c3cn(CCCC)c4cccc(Cl)c34)c2F)c2c(Cl)cccc21. The summed E-state index contributed by atoms with van der Waals surface area (Å²) >= 11 is 20.3. The first-order valence-corrected chi connectivity index (χ1v) is 14.0. The molecule has 0 N–H and O–H groups in total. The maximum absolute atomic E-state index is 16.7. The van der Waals surface area contributed by atoms with Crippen molar-refractivity contribution in [2.24, 2.45) is 0 Å². The average Bonchev–Trinajstić information content (AvgIpc) is 3.44. The third-order valence-corrected chi connectivity index (χ3v) is 8.27. The van der Waals surface area contributed by atoms with Gasteiger partial charge in [-0.15, -0.1) is 0 Å². The molecule has 6 heteroatoms. The van der Waals surface area contributed by atoms with E-state index in [4.69, 9.17) is 34.8 Å². The molecule has 0 aliphatic rings. The number of rotatable bonds is 8. The molecule has 0 atom stereocenters. The Morgan fingerprint density at radius 1 is 0.730 bits per heavy atom. The fourth-order valence-electron chi connectivity index (χ4n) is 5.24. The molecule has 0 saturated carbocycles. The van der Waals surface area contributed by atoms with Gasteiger partial charge in [-0.1, -0.05) is 73.6 Å². The van der Waals surface area contributed by atoms with Crippen molar-refractivity contribution < 1.29 is 4.39 Å². The van der Waals surface area contributed by atoms with Crippen LogP contribution in [0.5, 0.6) is 0 Å². The molecule has 3 aromatic carbocycles. The van der Waals surface area contributed by atoms with Gasteiger partial charge in [0.25, 0.3) is 0 Å². The largest absolute Gasteiger partial charge is 0.347 e. The van der Waals surface area contributed by atoms with Gasteiger partial charge in [0.1, 0.15) is 5.82 Å². The maximum atomic E-state index is 16.7. The van der Waals surface area contributed by atoms with Gasteiger partial charge in [-0.25, -0.2) is 4.39 Å². The molecule has 2 nitrogen and oxygen atoms in total. The van der Waals surface area contributed by atoms with Gasteiger partial charge in [0.15, 0.2) is 0 Å². The first-order valence-electron chi connectivity index (χ1n) is 12.9.